The summed E-state index contributed by atoms with van der Waals surface area (Å²) in [5.41, 5.74) is -0.334. The van der Waals surface area contributed by atoms with Crippen LogP contribution in [0.4, 0.5) is 0 Å². The van der Waals surface area contributed by atoms with Crippen molar-refractivity contribution in [2.24, 2.45) is 11.8 Å². The van der Waals surface area contributed by atoms with Crippen LogP contribution in [0.2, 0.25) is 0 Å². The van der Waals surface area contributed by atoms with Crippen LogP contribution in [0.15, 0.2) is 0 Å². The van der Waals surface area contributed by atoms with E-state index in [9.17, 15) is 4.79 Å². The molecular formula is C16H30N2O. The second-order valence-corrected chi connectivity index (χ2v) is 7.04. The predicted molar refractivity (Wildman–Crippen MR) is 78.7 cm³/mol. The molecule has 1 amide bonds. The van der Waals surface area contributed by atoms with Crippen LogP contribution < -0.4 is 5.32 Å². The van der Waals surface area contributed by atoms with Crippen LogP contribution in [0.3, 0.4) is 0 Å². The first-order valence-corrected chi connectivity index (χ1v) is 8.03. The number of nitrogens with one attached hydrogen (secondary N) is 1. The predicted octanol–water partition coefficient (Wildman–Crippen LogP) is 3.15. The van der Waals surface area contributed by atoms with Crippen molar-refractivity contribution in [3.05, 3.63) is 0 Å². The molecule has 0 aromatic carbocycles. The van der Waals surface area contributed by atoms with Gasteiger partial charge in [0.15, 0.2) is 0 Å². The van der Waals surface area contributed by atoms with Crippen LogP contribution >= 0.6 is 0 Å². The van der Waals surface area contributed by atoms with Gasteiger partial charge in [-0.3, -0.25) is 10.1 Å². The molecule has 2 aliphatic rings. The molecule has 1 aliphatic heterocycles. The van der Waals surface area contributed by atoms with Gasteiger partial charge in [-0.25, -0.2) is 0 Å². The molecular weight excluding hydrogens is 236 g/mol. The molecule has 2 fully saturated rings. The molecule has 0 spiro atoms. The Kier molecular flexibility index (Phi) is 4.24. The van der Waals surface area contributed by atoms with E-state index in [2.05, 4.69) is 44.8 Å². The van der Waals surface area contributed by atoms with Gasteiger partial charge in [0.25, 0.3) is 0 Å². The highest BCUT2D eigenvalue weighted by atomic mass is 16.2. The molecule has 110 valence electrons. The zero-order chi connectivity index (χ0) is 14.2. The number of carbonyl (C=O) groups excluding carboxylic acids is 1. The highest BCUT2D eigenvalue weighted by Gasteiger charge is 2.54. The van der Waals surface area contributed by atoms with Crippen molar-refractivity contribution in [2.75, 3.05) is 0 Å². The SMILES string of the molecule is CCCC1CC1N1C(=O)C(C)(CC)NC1CC(C)C. The lowest BCUT2D eigenvalue weighted by Gasteiger charge is -2.26. The molecule has 0 aromatic heterocycles. The minimum absolute atomic E-state index is 0.254. The van der Waals surface area contributed by atoms with Gasteiger partial charge in [0.2, 0.25) is 5.91 Å². The third kappa shape index (κ3) is 2.81. The largest absolute Gasteiger partial charge is 0.322 e. The van der Waals surface area contributed by atoms with E-state index in [4.69, 9.17) is 0 Å². The maximum atomic E-state index is 12.7. The second-order valence-electron chi connectivity index (χ2n) is 7.04. The van der Waals surface area contributed by atoms with Gasteiger partial charge in [-0.05, 0) is 44.4 Å². The Morgan fingerprint density at radius 1 is 1.42 bits per heavy atom. The topological polar surface area (TPSA) is 32.3 Å². The van der Waals surface area contributed by atoms with Crippen molar-refractivity contribution in [3.63, 3.8) is 0 Å². The zero-order valence-corrected chi connectivity index (χ0v) is 13.2. The van der Waals surface area contributed by atoms with Crippen LogP contribution in [0, 0.1) is 11.8 Å². The number of hydrogen-bond donors (Lipinski definition) is 1. The summed E-state index contributed by atoms with van der Waals surface area (Å²) in [5.74, 6) is 1.71. The van der Waals surface area contributed by atoms with Crippen molar-refractivity contribution < 1.29 is 4.79 Å². The summed E-state index contributed by atoms with van der Waals surface area (Å²) in [6, 6.07) is 0.511. The minimum Gasteiger partial charge on any atom is -0.322 e. The molecule has 3 heteroatoms. The quantitative estimate of drug-likeness (QED) is 0.801. The standard InChI is InChI=1S/C16H30N2O/c1-6-8-12-10-13(12)18-14(9-11(3)4)17-16(5,7-2)15(18)19/h11-14,17H,6-10H2,1-5H3. The lowest BCUT2D eigenvalue weighted by Crippen LogP contribution is -2.44. The van der Waals surface area contributed by atoms with Gasteiger partial charge >= 0.3 is 0 Å². The molecule has 19 heavy (non-hydrogen) atoms. The van der Waals surface area contributed by atoms with Crippen molar-refractivity contribution in [3.8, 4) is 0 Å². The first-order chi connectivity index (χ1) is 8.92. The smallest absolute Gasteiger partial charge is 0.244 e. The van der Waals surface area contributed by atoms with Gasteiger partial charge in [-0.2, -0.15) is 0 Å². The lowest BCUT2D eigenvalue weighted by molar-refractivity contribution is -0.133. The van der Waals surface area contributed by atoms with E-state index in [1.165, 1.54) is 19.3 Å². The first-order valence-electron chi connectivity index (χ1n) is 8.03. The van der Waals surface area contributed by atoms with E-state index in [1.54, 1.807) is 0 Å². The third-order valence-corrected chi connectivity index (χ3v) is 4.83. The van der Waals surface area contributed by atoms with E-state index >= 15 is 0 Å². The highest BCUT2D eigenvalue weighted by Crippen LogP contribution is 2.44. The van der Waals surface area contributed by atoms with Crippen molar-refractivity contribution in [1.82, 2.24) is 10.2 Å². The molecule has 1 heterocycles. The highest BCUT2D eigenvalue weighted by molar-refractivity contribution is 5.89. The van der Waals surface area contributed by atoms with E-state index in [1.807, 2.05) is 0 Å². The van der Waals surface area contributed by atoms with E-state index in [0.717, 1.165) is 18.8 Å². The number of amides is 1. The second kappa shape index (κ2) is 5.43. The molecule has 3 nitrogen and oxygen atoms in total. The molecule has 4 unspecified atom stereocenters. The Bertz CT molecular complexity index is 342. The van der Waals surface area contributed by atoms with Crippen molar-refractivity contribution >= 4 is 5.91 Å². The summed E-state index contributed by atoms with van der Waals surface area (Å²) in [4.78, 5) is 14.9. The van der Waals surface area contributed by atoms with Crippen LogP contribution in [0.25, 0.3) is 0 Å². The molecule has 4 atom stereocenters. The number of rotatable bonds is 6. The van der Waals surface area contributed by atoms with Gasteiger partial charge in [0.1, 0.15) is 0 Å². The minimum atomic E-state index is -0.334. The molecule has 0 radical (unpaired) electrons. The van der Waals surface area contributed by atoms with Gasteiger partial charge in [-0.15, -0.1) is 0 Å². The summed E-state index contributed by atoms with van der Waals surface area (Å²) in [6.45, 7) is 10.9. The van der Waals surface area contributed by atoms with E-state index < -0.39 is 0 Å². The normalized spacial score (nSPS) is 38.3. The molecule has 0 bridgehead atoms. The Morgan fingerprint density at radius 2 is 2.11 bits per heavy atom. The Labute approximate surface area is 118 Å². The number of nitrogens with zero attached hydrogens (tertiary/aromatic N) is 1. The maximum Gasteiger partial charge on any atom is 0.244 e. The Hall–Kier alpha value is -0.570. The van der Waals surface area contributed by atoms with Crippen LogP contribution in [0.5, 0.6) is 0 Å². The zero-order valence-electron chi connectivity index (χ0n) is 13.2. The van der Waals surface area contributed by atoms with Crippen molar-refractivity contribution in [2.45, 2.75) is 84.5 Å². The van der Waals surface area contributed by atoms with Crippen LogP contribution in [-0.4, -0.2) is 28.6 Å². The summed E-state index contributed by atoms with van der Waals surface area (Å²) in [6.07, 6.45) is 5.92. The third-order valence-electron chi connectivity index (χ3n) is 4.83. The summed E-state index contributed by atoms with van der Waals surface area (Å²) < 4.78 is 0. The monoisotopic (exact) mass is 266 g/mol. The van der Waals surface area contributed by atoms with Gasteiger partial charge < -0.3 is 4.90 Å². The summed E-state index contributed by atoms with van der Waals surface area (Å²) in [5, 5.41) is 3.61. The van der Waals surface area contributed by atoms with E-state index in [-0.39, 0.29) is 11.7 Å². The Balaban J connectivity index is 2.11. The fourth-order valence-corrected chi connectivity index (χ4v) is 3.43. The van der Waals surface area contributed by atoms with E-state index in [0.29, 0.717) is 17.9 Å². The average Bonchev–Trinajstić information content (AvgIpc) is 3.02. The molecule has 1 aliphatic carbocycles. The molecule has 2 rings (SSSR count). The Morgan fingerprint density at radius 3 is 2.63 bits per heavy atom. The lowest BCUT2D eigenvalue weighted by atomic mass is 9.99. The van der Waals surface area contributed by atoms with Crippen LogP contribution in [-0.2, 0) is 4.79 Å². The average molecular weight is 266 g/mol. The van der Waals surface area contributed by atoms with Gasteiger partial charge in [-0.1, -0.05) is 34.1 Å². The molecule has 0 aromatic rings. The van der Waals surface area contributed by atoms with Gasteiger partial charge in [0.05, 0.1) is 11.7 Å². The molecule has 1 saturated heterocycles. The summed E-state index contributed by atoms with van der Waals surface area (Å²) in [7, 11) is 0. The summed E-state index contributed by atoms with van der Waals surface area (Å²) >= 11 is 0. The van der Waals surface area contributed by atoms with Crippen LogP contribution in [0.1, 0.15) is 66.7 Å². The molecule has 1 saturated carbocycles. The fraction of sp³-hybridized carbons (Fsp3) is 0.938. The maximum absolute atomic E-state index is 12.7. The number of hydrogen-bond acceptors (Lipinski definition) is 2. The first kappa shape index (κ1) is 14.8. The van der Waals surface area contributed by atoms with Crippen molar-refractivity contribution in [1.29, 1.82) is 0 Å². The number of carbonyl (C=O) groups is 1. The fourth-order valence-electron chi connectivity index (χ4n) is 3.43. The molecule has 1 N–H and O–H groups in total. The van der Waals surface area contributed by atoms with Gasteiger partial charge in [0, 0.05) is 6.04 Å².